The maximum absolute atomic E-state index is 5.78. The third kappa shape index (κ3) is 1.55. The van der Waals surface area contributed by atoms with Crippen molar-refractivity contribution in [2.45, 2.75) is 25.7 Å². The summed E-state index contributed by atoms with van der Waals surface area (Å²) in [5.74, 6) is 0.800. The van der Waals surface area contributed by atoms with Crippen LogP contribution in [0.2, 0.25) is 0 Å². The maximum Gasteiger partial charge on any atom is 0.0178 e. The Balaban J connectivity index is 1.88. The van der Waals surface area contributed by atoms with Crippen molar-refractivity contribution in [1.82, 2.24) is 0 Å². The Kier molecular flexibility index (Phi) is 2.18. The van der Waals surface area contributed by atoms with Gasteiger partial charge in [-0.2, -0.15) is 0 Å². The van der Waals surface area contributed by atoms with Crippen molar-refractivity contribution in [1.29, 1.82) is 0 Å². The summed E-state index contributed by atoms with van der Waals surface area (Å²) in [7, 11) is 0. The average molecular weight is 266 g/mol. The molecule has 0 radical (unpaired) electrons. The summed E-state index contributed by atoms with van der Waals surface area (Å²) in [6.45, 7) is 0.881. The fourth-order valence-corrected chi connectivity index (χ4v) is 3.55. The number of benzene rings is 1. The smallest absolute Gasteiger partial charge is 0.0178 e. The van der Waals surface area contributed by atoms with Crippen molar-refractivity contribution in [2.24, 2.45) is 17.1 Å². The van der Waals surface area contributed by atoms with Crippen LogP contribution in [0.3, 0.4) is 0 Å². The number of aryl methyl sites for hydroxylation is 1. The van der Waals surface area contributed by atoms with Crippen LogP contribution in [0.1, 0.15) is 24.0 Å². The Morgan fingerprint density at radius 1 is 1.40 bits per heavy atom. The van der Waals surface area contributed by atoms with Gasteiger partial charge in [-0.3, -0.25) is 0 Å². The van der Waals surface area contributed by atoms with Gasteiger partial charge in [0.05, 0.1) is 0 Å². The van der Waals surface area contributed by atoms with E-state index in [4.69, 9.17) is 5.73 Å². The lowest BCUT2D eigenvalue weighted by molar-refractivity contribution is 0.395. The molecule has 0 aromatic heterocycles. The zero-order valence-electron chi connectivity index (χ0n) is 8.80. The Labute approximate surface area is 99.2 Å². The van der Waals surface area contributed by atoms with Crippen molar-refractivity contribution in [3.63, 3.8) is 0 Å². The molecule has 1 fully saturated rings. The van der Waals surface area contributed by atoms with E-state index in [9.17, 15) is 0 Å². The van der Waals surface area contributed by atoms with E-state index < -0.39 is 0 Å². The van der Waals surface area contributed by atoms with Gasteiger partial charge in [-0.1, -0.05) is 22.0 Å². The monoisotopic (exact) mass is 265 g/mol. The van der Waals surface area contributed by atoms with Crippen LogP contribution in [-0.2, 0) is 12.8 Å². The molecule has 1 aromatic carbocycles. The summed E-state index contributed by atoms with van der Waals surface area (Å²) >= 11 is 3.54. The fraction of sp³-hybridized carbons (Fsp3) is 0.538. The quantitative estimate of drug-likeness (QED) is 0.831. The van der Waals surface area contributed by atoms with E-state index >= 15 is 0 Å². The van der Waals surface area contributed by atoms with E-state index in [0.29, 0.717) is 5.41 Å². The lowest BCUT2D eigenvalue weighted by Crippen LogP contribution is -2.20. The molecule has 1 spiro atoms. The molecule has 2 N–H and O–H groups in total. The second kappa shape index (κ2) is 3.33. The van der Waals surface area contributed by atoms with E-state index in [1.165, 1.54) is 35.7 Å². The predicted octanol–water partition coefficient (Wildman–Crippen LogP) is 2.90. The van der Waals surface area contributed by atoms with Crippen LogP contribution < -0.4 is 5.73 Å². The Hall–Kier alpha value is -0.340. The minimum Gasteiger partial charge on any atom is -0.330 e. The maximum atomic E-state index is 5.78. The lowest BCUT2D eigenvalue weighted by atomic mass is 9.80. The number of nitrogens with two attached hydrogens (primary N) is 1. The summed E-state index contributed by atoms with van der Waals surface area (Å²) in [6.07, 6.45) is 5.21. The molecule has 3 rings (SSSR count). The zero-order chi connectivity index (χ0) is 10.5. The highest BCUT2D eigenvalue weighted by Gasteiger charge is 2.53. The van der Waals surface area contributed by atoms with E-state index in [1.807, 2.05) is 0 Å². The molecular formula is C13H16BrN. The van der Waals surface area contributed by atoms with Gasteiger partial charge < -0.3 is 5.73 Å². The Morgan fingerprint density at radius 3 is 3.00 bits per heavy atom. The van der Waals surface area contributed by atoms with Gasteiger partial charge in [-0.25, -0.2) is 0 Å². The zero-order valence-corrected chi connectivity index (χ0v) is 10.4. The first-order valence-corrected chi connectivity index (χ1v) is 6.50. The van der Waals surface area contributed by atoms with Crippen molar-refractivity contribution in [3.8, 4) is 0 Å². The first kappa shape index (κ1) is 9.86. The van der Waals surface area contributed by atoms with Gasteiger partial charge in [0.25, 0.3) is 0 Å². The molecule has 2 heteroatoms. The molecule has 1 saturated carbocycles. The van der Waals surface area contributed by atoms with Crippen LogP contribution in [0.25, 0.3) is 0 Å². The molecule has 0 saturated heterocycles. The summed E-state index contributed by atoms with van der Waals surface area (Å²) in [6, 6.07) is 6.73. The van der Waals surface area contributed by atoms with Gasteiger partial charge >= 0.3 is 0 Å². The molecule has 2 unspecified atom stereocenters. The molecular weight excluding hydrogens is 250 g/mol. The highest BCUT2D eigenvalue weighted by molar-refractivity contribution is 9.10. The first-order valence-electron chi connectivity index (χ1n) is 5.71. The predicted molar refractivity (Wildman–Crippen MR) is 65.8 cm³/mol. The first-order chi connectivity index (χ1) is 7.23. The normalized spacial score (nSPS) is 32.8. The highest BCUT2D eigenvalue weighted by atomic mass is 79.9. The molecule has 2 atom stereocenters. The van der Waals surface area contributed by atoms with Gasteiger partial charge in [-0.05, 0) is 66.8 Å². The molecule has 0 amide bonds. The fourth-order valence-electron chi connectivity index (χ4n) is 3.14. The number of rotatable bonds is 1. The van der Waals surface area contributed by atoms with Crippen LogP contribution in [-0.4, -0.2) is 6.54 Å². The topological polar surface area (TPSA) is 26.0 Å². The third-order valence-electron chi connectivity index (χ3n) is 4.25. The van der Waals surface area contributed by atoms with Crippen LogP contribution >= 0.6 is 15.9 Å². The van der Waals surface area contributed by atoms with Crippen molar-refractivity contribution >= 4 is 15.9 Å². The van der Waals surface area contributed by atoms with Crippen LogP contribution in [0.15, 0.2) is 22.7 Å². The molecule has 15 heavy (non-hydrogen) atoms. The number of hydrogen-bond donors (Lipinski definition) is 1. The van der Waals surface area contributed by atoms with Crippen molar-refractivity contribution in [3.05, 3.63) is 33.8 Å². The standard InChI is InChI=1S/C13H16BrN/c14-12-2-1-10-6-13(7-11(13)8-15)4-3-9(10)5-12/h1-2,5,11H,3-4,6-8,15H2. The van der Waals surface area contributed by atoms with E-state index in [2.05, 4.69) is 34.1 Å². The Morgan fingerprint density at radius 2 is 2.27 bits per heavy atom. The average Bonchev–Trinajstić information content (AvgIpc) is 2.92. The molecule has 2 aliphatic rings. The van der Waals surface area contributed by atoms with E-state index in [1.54, 1.807) is 5.56 Å². The van der Waals surface area contributed by atoms with Crippen molar-refractivity contribution in [2.75, 3.05) is 6.54 Å². The Bertz CT molecular complexity index is 402. The summed E-state index contributed by atoms with van der Waals surface area (Å²) in [5, 5.41) is 0. The number of fused-ring (bicyclic) bond motifs is 1. The second-order valence-electron chi connectivity index (χ2n) is 5.09. The second-order valence-corrected chi connectivity index (χ2v) is 6.00. The SMILES string of the molecule is NCC1CC12CCc1cc(Br)ccc1C2. The van der Waals surface area contributed by atoms with Gasteiger partial charge in [0.15, 0.2) is 0 Å². The summed E-state index contributed by atoms with van der Waals surface area (Å²) in [5.41, 5.74) is 9.46. The van der Waals surface area contributed by atoms with Gasteiger partial charge in [0, 0.05) is 4.47 Å². The number of hydrogen-bond acceptors (Lipinski definition) is 1. The molecule has 1 aromatic rings. The highest BCUT2D eigenvalue weighted by Crippen LogP contribution is 2.59. The van der Waals surface area contributed by atoms with Gasteiger partial charge in [0.2, 0.25) is 0 Å². The molecule has 0 heterocycles. The summed E-state index contributed by atoms with van der Waals surface area (Å²) in [4.78, 5) is 0. The molecule has 2 aliphatic carbocycles. The minimum absolute atomic E-state index is 0.593. The molecule has 0 bridgehead atoms. The van der Waals surface area contributed by atoms with Crippen molar-refractivity contribution < 1.29 is 0 Å². The molecule has 0 aliphatic heterocycles. The van der Waals surface area contributed by atoms with Gasteiger partial charge in [-0.15, -0.1) is 0 Å². The molecule has 1 nitrogen and oxygen atoms in total. The van der Waals surface area contributed by atoms with Gasteiger partial charge in [0.1, 0.15) is 0 Å². The van der Waals surface area contributed by atoms with E-state index in [0.717, 1.165) is 12.5 Å². The van der Waals surface area contributed by atoms with Crippen LogP contribution in [0.5, 0.6) is 0 Å². The largest absolute Gasteiger partial charge is 0.330 e. The minimum atomic E-state index is 0.593. The van der Waals surface area contributed by atoms with E-state index in [-0.39, 0.29) is 0 Å². The summed E-state index contributed by atoms with van der Waals surface area (Å²) < 4.78 is 1.21. The third-order valence-corrected chi connectivity index (χ3v) is 4.74. The lowest BCUT2D eigenvalue weighted by Gasteiger charge is -2.25. The number of halogens is 1. The van der Waals surface area contributed by atoms with Crippen LogP contribution in [0, 0.1) is 11.3 Å². The molecule has 80 valence electrons. The van der Waals surface area contributed by atoms with Crippen LogP contribution in [0.4, 0.5) is 0 Å².